The van der Waals surface area contributed by atoms with Gasteiger partial charge < -0.3 is 14.2 Å². The summed E-state index contributed by atoms with van der Waals surface area (Å²) >= 11 is 0. The lowest BCUT2D eigenvalue weighted by Gasteiger charge is -2.18. The molecule has 0 aliphatic carbocycles. The number of rotatable bonds is 8. The van der Waals surface area contributed by atoms with E-state index in [-0.39, 0.29) is 5.92 Å². The van der Waals surface area contributed by atoms with Gasteiger partial charge in [0.25, 0.3) is 0 Å². The molecule has 25 heavy (non-hydrogen) atoms. The molecule has 2 heterocycles. The van der Waals surface area contributed by atoms with Crippen LogP contribution in [0.15, 0.2) is 24.4 Å². The smallest absolute Gasteiger partial charge is 0.182 e. The first-order chi connectivity index (χ1) is 12.0. The maximum atomic E-state index is 5.54. The summed E-state index contributed by atoms with van der Waals surface area (Å²) in [5.41, 5.74) is 2.91. The summed E-state index contributed by atoms with van der Waals surface area (Å²) in [7, 11) is 4.98. The van der Waals surface area contributed by atoms with E-state index in [1.54, 1.807) is 27.5 Å². The van der Waals surface area contributed by atoms with Crippen molar-refractivity contribution in [3.8, 4) is 17.2 Å². The minimum absolute atomic E-state index is 0.199. The topological polar surface area (TPSA) is 53.5 Å². The van der Waals surface area contributed by atoms with Gasteiger partial charge >= 0.3 is 0 Å². The van der Waals surface area contributed by atoms with E-state index in [2.05, 4.69) is 25.8 Å². The van der Waals surface area contributed by atoms with Crippen molar-refractivity contribution in [1.29, 1.82) is 0 Å². The van der Waals surface area contributed by atoms with Crippen molar-refractivity contribution < 1.29 is 14.2 Å². The molecule has 0 amide bonds. The molecule has 5 nitrogen and oxygen atoms in total. The molecule has 2 aromatic rings. The minimum Gasteiger partial charge on any atom is -0.497 e. The van der Waals surface area contributed by atoms with Gasteiger partial charge in [-0.15, -0.1) is 0 Å². The molecular weight excluding hydrogens is 316 g/mol. The van der Waals surface area contributed by atoms with E-state index in [0.717, 1.165) is 47.2 Å². The molecule has 1 atom stereocenters. The van der Waals surface area contributed by atoms with Crippen LogP contribution in [0.25, 0.3) is 0 Å². The van der Waals surface area contributed by atoms with Crippen LogP contribution in [0.4, 0.5) is 0 Å². The van der Waals surface area contributed by atoms with E-state index >= 15 is 0 Å². The summed E-state index contributed by atoms with van der Waals surface area (Å²) < 4.78 is 16.4. The van der Waals surface area contributed by atoms with Crippen molar-refractivity contribution in [2.24, 2.45) is 5.92 Å². The van der Waals surface area contributed by atoms with Crippen molar-refractivity contribution >= 4 is 0 Å². The maximum Gasteiger partial charge on any atom is 0.182 e. The van der Waals surface area contributed by atoms with Gasteiger partial charge in [-0.25, -0.2) is 0 Å². The van der Waals surface area contributed by atoms with Gasteiger partial charge in [-0.05, 0) is 24.8 Å². The van der Waals surface area contributed by atoms with Crippen molar-refractivity contribution in [2.45, 2.75) is 39.5 Å². The molecule has 5 heteroatoms. The highest BCUT2D eigenvalue weighted by molar-refractivity contribution is 5.45. The molecular formula is C20H28N2O3. The van der Waals surface area contributed by atoms with Gasteiger partial charge in [0, 0.05) is 35.6 Å². The van der Waals surface area contributed by atoms with E-state index in [1.807, 2.05) is 18.2 Å². The zero-order valence-electron chi connectivity index (χ0n) is 16.0. The van der Waals surface area contributed by atoms with Gasteiger partial charge in [0.15, 0.2) is 11.5 Å². The largest absolute Gasteiger partial charge is 0.497 e. The Morgan fingerprint density at radius 3 is 2.32 bits per heavy atom. The number of pyridine rings is 2. The number of ether oxygens (including phenoxy) is 3. The Bertz CT molecular complexity index is 701. The first kappa shape index (κ1) is 19.0. The molecule has 0 N–H and O–H groups in total. The van der Waals surface area contributed by atoms with E-state index in [1.165, 1.54) is 0 Å². The van der Waals surface area contributed by atoms with Crippen molar-refractivity contribution in [3.05, 3.63) is 41.5 Å². The fourth-order valence-corrected chi connectivity index (χ4v) is 2.84. The summed E-state index contributed by atoms with van der Waals surface area (Å²) in [4.78, 5) is 9.30. The number of hydrogen-bond acceptors (Lipinski definition) is 5. The molecule has 0 bridgehead atoms. The summed E-state index contributed by atoms with van der Waals surface area (Å²) in [6.45, 7) is 6.49. The lowest BCUT2D eigenvalue weighted by atomic mass is 9.98. The van der Waals surface area contributed by atoms with Gasteiger partial charge in [0.1, 0.15) is 5.75 Å². The van der Waals surface area contributed by atoms with Gasteiger partial charge in [-0.2, -0.15) is 0 Å². The fourth-order valence-electron chi connectivity index (χ4n) is 2.84. The quantitative estimate of drug-likeness (QED) is 0.723. The van der Waals surface area contributed by atoms with Crippen molar-refractivity contribution in [2.75, 3.05) is 21.3 Å². The SMILES string of the molecule is COc1ccnc(C[C@H](C)c2cc(OC)c(OC)c(CC(C)C)n2)c1. The molecule has 0 aromatic carbocycles. The molecule has 0 aliphatic rings. The number of hydrogen-bond donors (Lipinski definition) is 0. The molecule has 0 fully saturated rings. The standard InChI is InChI=1S/C20H28N2O3/c1-13(2)9-18-20(25-6)19(24-5)12-17(22-18)14(3)10-15-11-16(23-4)7-8-21-15/h7-8,11-14H,9-10H2,1-6H3/t14-/m0/s1. The first-order valence-corrected chi connectivity index (χ1v) is 8.59. The Labute approximate surface area is 150 Å². The van der Waals surface area contributed by atoms with E-state index in [9.17, 15) is 0 Å². The van der Waals surface area contributed by atoms with Crippen LogP contribution in [0.1, 0.15) is 43.8 Å². The van der Waals surface area contributed by atoms with Gasteiger partial charge in [0.2, 0.25) is 0 Å². The first-order valence-electron chi connectivity index (χ1n) is 8.59. The molecule has 0 radical (unpaired) electrons. The zero-order chi connectivity index (χ0) is 18.4. The van der Waals surface area contributed by atoms with Crippen molar-refractivity contribution in [1.82, 2.24) is 9.97 Å². The zero-order valence-corrected chi connectivity index (χ0v) is 16.0. The van der Waals surface area contributed by atoms with Gasteiger partial charge in [-0.1, -0.05) is 20.8 Å². The number of nitrogens with zero attached hydrogens (tertiary/aromatic N) is 2. The highest BCUT2D eigenvalue weighted by Gasteiger charge is 2.19. The normalized spacial score (nSPS) is 12.1. The van der Waals surface area contributed by atoms with Crippen LogP contribution >= 0.6 is 0 Å². The van der Waals surface area contributed by atoms with Crippen LogP contribution < -0.4 is 14.2 Å². The second kappa shape index (κ2) is 8.70. The Kier molecular flexibility index (Phi) is 6.62. The second-order valence-corrected chi connectivity index (χ2v) is 6.62. The molecule has 0 spiro atoms. The molecule has 2 aromatic heterocycles. The Morgan fingerprint density at radius 2 is 1.72 bits per heavy atom. The van der Waals surface area contributed by atoms with Crippen LogP contribution in [0, 0.1) is 5.92 Å². The summed E-state index contributed by atoms with van der Waals surface area (Å²) in [6.07, 6.45) is 3.39. The molecule has 0 saturated heterocycles. The molecule has 0 aliphatic heterocycles. The third-order valence-electron chi connectivity index (χ3n) is 4.10. The molecule has 0 unspecified atom stereocenters. The predicted octanol–water partition coefficient (Wildman–Crippen LogP) is 4.05. The van der Waals surface area contributed by atoms with Crippen LogP contribution in [0.2, 0.25) is 0 Å². The Morgan fingerprint density at radius 1 is 0.960 bits per heavy atom. The Hall–Kier alpha value is -2.30. The van der Waals surface area contributed by atoms with E-state index in [4.69, 9.17) is 19.2 Å². The Balaban J connectivity index is 2.32. The minimum atomic E-state index is 0.199. The fraction of sp³-hybridized carbons (Fsp3) is 0.500. The summed E-state index contributed by atoms with van der Waals surface area (Å²) in [6, 6.07) is 5.78. The van der Waals surface area contributed by atoms with Crippen LogP contribution in [-0.4, -0.2) is 31.3 Å². The molecule has 0 saturated carbocycles. The molecule has 136 valence electrons. The maximum absolute atomic E-state index is 5.54. The molecule has 2 rings (SSSR count). The average molecular weight is 344 g/mol. The second-order valence-electron chi connectivity index (χ2n) is 6.62. The summed E-state index contributed by atoms with van der Waals surface area (Å²) in [5, 5.41) is 0. The highest BCUT2D eigenvalue weighted by Crippen LogP contribution is 2.34. The van der Waals surface area contributed by atoms with Crippen LogP contribution in [-0.2, 0) is 12.8 Å². The third-order valence-corrected chi connectivity index (χ3v) is 4.10. The lowest BCUT2D eigenvalue weighted by Crippen LogP contribution is -2.09. The predicted molar refractivity (Wildman–Crippen MR) is 98.8 cm³/mol. The third kappa shape index (κ3) is 4.84. The van der Waals surface area contributed by atoms with Crippen LogP contribution in [0.5, 0.6) is 17.2 Å². The lowest BCUT2D eigenvalue weighted by molar-refractivity contribution is 0.346. The van der Waals surface area contributed by atoms with Crippen LogP contribution in [0.3, 0.4) is 0 Å². The van der Waals surface area contributed by atoms with Gasteiger partial charge in [0.05, 0.1) is 27.0 Å². The van der Waals surface area contributed by atoms with Crippen molar-refractivity contribution in [3.63, 3.8) is 0 Å². The number of aromatic nitrogens is 2. The van der Waals surface area contributed by atoms with Gasteiger partial charge in [-0.3, -0.25) is 9.97 Å². The monoisotopic (exact) mass is 344 g/mol. The average Bonchev–Trinajstić information content (AvgIpc) is 2.60. The number of methoxy groups -OCH3 is 3. The van der Waals surface area contributed by atoms with E-state index in [0.29, 0.717) is 5.92 Å². The van der Waals surface area contributed by atoms with E-state index < -0.39 is 0 Å². The summed E-state index contributed by atoms with van der Waals surface area (Å²) in [5.74, 6) is 2.96. The highest BCUT2D eigenvalue weighted by atomic mass is 16.5.